The smallest absolute Gasteiger partial charge is 0.490 e. The number of ether oxygens (including phenoxy) is 3. The van der Waals surface area contributed by atoms with Crippen LogP contribution in [0.5, 0.6) is 11.5 Å². The van der Waals surface area contributed by atoms with Gasteiger partial charge in [0.15, 0.2) is 21.5 Å². The van der Waals surface area contributed by atoms with Crippen LogP contribution >= 0.6 is 11.6 Å². The Labute approximate surface area is 208 Å². The highest BCUT2D eigenvalue weighted by Crippen LogP contribution is 2.40. The van der Waals surface area contributed by atoms with Crippen molar-refractivity contribution in [2.75, 3.05) is 31.8 Å². The Morgan fingerprint density at radius 2 is 1.94 bits per heavy atom. The van der Waals surface area contributed by atoms with E-state index in [9.17, 15) is 17.6 Å². The predicted octanol–water partition coefficient (Wildman–Crippen LogP) is 4.35. The van der Waals surface area contributed by atoms with Crippen molar-refractivity contribution in [2.45, 2.75) is 43.8 Å². The minimum atomic E-state index is -3.43. The van der Waals surface area contributed by atoms with Gasteiger partial charge in [-0.05, 0) is 32.0 Å². The van der Waals surface area contributed by atoms with E-state index < -0.39 is 21.8 Å². The maximum absolute atomic E-state index is 14.7. The van der Waals surface area contributed by atoms with Crippen LogP contribution in [0.1, 0.15) is 26.7 Å². The van der Waals surface area contributed by atoms with Crippen LogP contribution in [-0.2, 0) is 19.4 Å². The van der Waals surface area contributed by atoms with Crippen LogP contribution in [0.25, 0.3) is 0 Å². The van der Waals surface area contributed by atoms with Crippen LogP contribution in [0.2, 0.25) is 5.02 Å². The van der Waals surface area contributed by atoms with E-state index in [1.54, 1.807) is 13.8 Å². The third-order valence-corrected chi connectivity index (χ3v) is 6.42. The van der Waals surface area contributed by atoms with Crippen molar-refractivity contribution < 1.29 is 36.7 Å². The highest BCUT2D eigenvalue weighted by atomic mass is 35.5. The first-order valence-electron chi connectivity index (χ1n) is 10.8. The molecule has 0 amide bonds. The first kappa shape index (κ1) is 26.8. The van der Waals surface area contributed by atoms with Crippen molar-refractivity contribution >= 4 is 39.1 Å². The van der Waals surface area contributed by atoms with E-state index in [0.29, 0.717) is 31.6 Å². The fourth-order valence-corrected chi connectivity index (χ4v) is 4.27. The van der Waals surface area contributed by atoms with Crippen molar-refractivity contribution in [3.8, 4) is 11.5 Å². The van der Waals surface area contributed by atoms with Gasteiger partial charge in [-0.2, -0.15) is 0 Å². The molecule has 0 saturated carbocycles. The lowest BCUT2D eigenvalue weighted by molar-refractivity contribution is -0.151. The number of nitrogens with one attached hydrogen (secondary N) is 1. The van der Waals surface area contributed by atoms with E-state index in [1.807, 2.05) is 0 Å². The summed E-state index contributed by atoms with van der Waals surface area (Å²) in [5.74, 6) is -0.694. The molecule has 10 nitrogen and oxygen atoms in total. The zero-order valence-electron chi connectivity index (χ0n) is 19.7. The molecule has 3 rings (SSSR count). The zero-order chi connectivity index (χ0) is 25.8. The molecule has 1 aliphatic rings. The second-order valence-electron chi connectivity index (χ2n) is 8.11. The summed E-state index contributed by atoms with van der Waals surface area (Å²) >= 11 is 6.23. The largest absolute Gasteiger partial charge is 0.528 e. The minimum Gasteiger partial charge on any atom is -0.490 e. The van der Waals surface area contributed by atoms with Crippen molar-refractivity contribution in [1.29, 1.82) is 0 Å². The number of halogens is 2. The Kier molecular flexibility index (Phi) is 8.62. The topological polar surface area (TPSA) is 116 Å². The third kappa shape index (κ3) is 7.09. The molecule has 192 valence electrons. The van der Waals surface area contributed by atoms with Crippen molar-refractivity contribution in [3.05, 3.63) is 35.2 Å². The molecular weight excluding hydrogens is 505 g/mol. The Balaban J connectivity index is 1.72. The molecule has 0 atom stereocenters. The number of hydrogen-bond acceptors (Lipinski definition) is 10. The van der Waals surface area contributed by atoms with Crippen LogP contribution in [0.3, 0.4) is 0 Å². The number of aromatic nitrogens is 1. The van der Waals surface area contributed by atoms with Gasteiger partial charge in [0.05, 0.1) is 35.0 Å². The van der Waals surface area contributed by atoms with E-state index in [0.717, 1.165) is 12.5 Å². The van der Waals surface area contributed by atoms with Crippen LogP contribution in [-0.4, -0.2) is 63.3 Å². The molecule has 1 fully saturated rings. The lowest BCUT2D eigenvalue weighted by Gasteiger charge is -2.31. The summed E-state index contributed by atoms with van der Waals surface area (Å²) < 4.78 is 54.4. The lowest BCUT2D eigenvalue weighted by atomic mass is 10.1. The molecule has 1 aromatic heterocycles. The molecule has 0 unspecified atom stereocenters. The Bertz CT molecular complexity index is 1170. The van der Waals surface area contributed by atoms with Gasteiger partial charge in [0.1, 0.15) is 6.10 Å². The molecule has 35 heavy (non-hydrogen) atoms. The van der Waals surface area contributed by atoms with Gasteiger partial charge in [-0.1, -0.05) is 11.6 Å². The quantitative estimate of drug-likeness (QED) is 0.493. The molecule has 1 N–H and O–H groups in total. The number of hydroxylamine groups is 2. The maximum atomic E-state index is 14.7. The monoisotopic (exact) mass is 531 g/mol. The number of carbonyl (C=O) groups is 1. The normalized spacial score (nSPS) is 15.1. The molecule has 0 spiro atoms. The molecule has 1 saturated heterocycles. The van der Waals surface area contributed by atoms with Gasteiger partial charge in [0.2, 0.25) is 11.5 Å². The number of sulfone groups is 1. The number of hydrogen-bond donors (Lipinski definition) is 1. The summed E-state index contributed by atoms with van der Waals surface area (Å²) in [4.78, 5) is 20.9. The SMILES string of the molecule is COc1c(Nc2ccc(S(C)(=O)=O)cc2Cl)ncc(F)c1OC1CCN(OC(=O)OC(C)C)CC1. The molecule has 13 heteroatoms. The third-order valence-electron chi connectivity index (χ3n) is 4.99. The van der Waals surface area contributed by atoms with Crippen LogP contribution < -0.4 is 14.8 Å². The molecular formula is C22H27ClFN3O7S. The lowest BCUT2D eigenvalue weighted by Crippen LogP contribution is -2.40. The molecule has 0 aliphatic carbocycles. The number of carbonyl (C=O) groups excluding carboxylic acids is 1. The summed E-state index contributed by atoms with van der Waals surface area (Å²) in [6.07, 6.45) is 1.55. The number of methoxy groups -OCH3 is 1. The van der Waals surface area contributed by atoms with Crippen molar-refractivity contribution in [2.24, 2.45) is 0 Å². The van der Waals surface area contributed by atoms with E-state index >= 15 is 0 Å². The van der Waals surface area contributed by atoms with Crippen LogP contribution in [0.4, 0.5) is 20.7 Å². The van der Waals surface area contributed by atoms with E-state index in [1.165, 1.54) is 30.4 Å². The van der Waals surface area contributed by atoms with E-state index in [4.69, 9.17) is 30.6 Å². The molecule has 0 radical (unpaired) electrons. The number of benzene rings is 1. The first-order chi connectivity index (χ1) is 16.5. The second kappa shape index (κ2) is 11.3. The van der Waals surface area contributed by atoms with Gasteiger partial charge in [0, 0.05) is 32.2 Å². The van der Waals surface area contributed by atoms with Crippen molar-refractivity contribution in [3.63, 3.8) is 0 Å². The predicted molar refractivity (Wildman–Crippen MR) is 127 cm³/mol. The average molecular weight is 532 g/mol. The van der Waals surface area contributed by atoms with Crippen molar-refractivity contribution in [1.82, 2.24) is 10.0 Å². The Morgan fingerprint density at radius 1 is 1.26 bits per heavy atom. The fraction of sp³-hybridized carbons (Fsp3) is 0.455. The summed E-state index contributed by atoms with van der Waals surface area (Å²) in [6, 6.07) is 4.17. The highest BCUT2D eigenvalue weighted by Gasteiger charge is 2.27. The molecule has 0 bridgehead atoms. The summed E-state index contributed by atoms with van der Waals surface area (Å²) in [7, 11) is -2.09. The molecule has 2 aromatic rings. The van der Waals surface area contributed by atoms with Crippen LogP contribution in [0.15, 0.2) is 29.3 Å². The van der Waals surface area contributed by atoms with E-state index in [2.05, 4.69) is 10.3 Å². The molecule has 2 heterocycles. The van der Waals surface area contributed by atoms with Gasteiger partial charge in [-0.3, -0.25) is 0 Å². The van der Waals surface area contributed by atoms with Gasteiger partial charge < -0.3 is 24.4 Å². The van der Waals surface area contributed by atoms with Gasteiger partial charge in [-0.25, -0.2) is 22.6 Å². The van der Waals surface area contributed by atoms with Gasteiger partial charge in [0.25, 0.3) is 0 Å². The summed E-state index contributed by atoms with van der Waals surface area (Å²) in [5.41, 5.74) is 0.348. The second-order valence-corrected chi connectivity index (χ2v) is 10.5. The maximum Gasteiger partial charge on any atom is 0.528 e. The standard InChI is InChI=1S/C22H27ClFN3O7S/c1-13(2)32-22(28)34-27-9-7-14(8-10-27)33-19-17(24)12-25-21(20(19)31-3)26-18-6-5-15(11-16(18)23)35(4,29)30/h5-6,11-14H,7-10H2,1-4H3,(H,25,26). The number of rotatable bonds is 8. The number of nitrogens with zero attached hydrogens (tertiary/aromatic N) is 2. The number of piperidine rings is 1. The minimum absolute atomic E-state index is 0.0208. The van der Waals surface area contributed by atoms with E-state index in [-0.39, 0.29) is 39.4 Å². The van der Waals surface area contributed by atoms with Gasteiger partial charge in [-0.15, -0.1) is 5.06 Å². The average Bonchev–Trinajstić information content (AvgIpc) is 2.77. The number of pyridine rings is 1. The Hall–Kier alpha value is -2.83. The van der Waals surface area contributed by atoms with Crippen LogP contribution in [0, 0.1) is 5.82 Å². The highest BCUT2D eigenvalue weighted by molar-refractivity contribution is 7.90. The summed E-state index contributed by atoms with van der Waals surface area (Å²) in [5, 5.41) is 4.53. The number of anilines is 2. The fourth-order valence-electron chi connectivity index (χ4n) is 3.33. The first-order valence-corrected chi connectivity index (χ1v) is 13.0. The zero-order valence-corrected chi connectivity index (χ0v) is 21.3. The molecule has 1 aliphatic heterocycles. The Morgan fingerprint density at radius 3 is 2.51 bits per heavy atom. The molecule has 1 aromatic carbocycles. The summed E-state index contributed by atoms with van der Waals surface area (Å²) in [6.45, 7) is 4.19. The van der Waals surface area contributed by atoms with Gasteiger partial charge >= 0.3 is 6.16 Å².